The van der Waals surface area contributed by atoms with E-state index < -0.39 is 95.7 Å². The number of aliphatic hydroxyl groups is 6. The Morgan fingerprint density at radius 3 is 2.51 bits per heavy atom. The number of ketones is 2. The number of aliphatic hydroxyl groups excluding tert-OH is 5. The third kappa shape index (κ3) is 3.74. The van der Waals surface area contributed by atoms with Gasteiger partial charge in [-0.05, 0) is 56.6 Å². The van der Waals surface area contributed by atoms with Crippen LogP contribution in [0.25, 0.3) is 0 Å². The van der Waals surface area contributed by atoms with Gasteiger partial charge in [-0.25, -0.2) is 4.39 Å². The minimum atomic E-state index is -2.10. The van der Waals surface area contributed by atoms with Crippen LogP contribution in [0, 0.1) is 28.6 Å². The van der Waals surface area contributed by atoms with E-state index in [9.17, 15) is 40.2 Å². The summed E-state index contributed by atoms with van der Waals surface area (Å²) in [5, 5.41) is 63.1. The maximum absolute atomic E-state index is 17.3. The van der Waals surface area contributed by atoms with E-state index in [0.29, 0.717) is 24.8 Å². The molecule has 39 heavy (non-hydrogen) atoms. The number of alkyl halides is 1. The van der Waals surface area contributed by atoms with Gasteiger partial charge >= 0.3 is 0 Å². The Bertz CT molecular complexity index is 1090. The molecule has 0 spiro atoms. The summed E-state index contributed by atoms with van der Waals surface area (Å²) in [5.41, 5.74) is -5.84. The first-order chi connectivity index (χ1) is 18.2. The number of fused-ring (bicyclic) bond motifs is 5. The van der Waals surface area contributed by atoms with Gasteiger partial charge in [-0.2, -0.15) is 0 Å². The predicted octanol–water partition coefficient (Wildman–Crippen LogP) is -0.280. The Morgan fingerprint density at radius 2 is 1.85 bits per heavy atom. The summed E-state index contributed by atoms with van der Waals surface area (Å²) in [6.07, 6.45) is -3.99. The fourth-order valence-electron chi connectivity index (χ4n) is 8.61. The SMILES string of the molecule is C[C@@H]1C[C@H]2[C@@H]3CCC4=CC(=O)C=C[C@]4(C)[C@@]3(F)[C@@H](O)C[C@]2(C)[C@@]1(O)C(=O)CO[C@@H]1O[C@H](CO)[C@@H](O)[C@H](O)[C@H]1O. The Balaban J connectivity index is 1.40. The van der Waals surface area contributed by atoms with Crippen molar-refractivity contribution in [3.8, 4) is 0 Å². The third-order valence-corrected chi connectivity index (χ3v) is 10.9. The molecule has 0 aromatic heterocycles. The van der Waals surface area contributed by atoms with Crippen LogP contribution in [-0.4, -0.2) is 103 Å². The number of carbonyl (C=O) groups is 2. The van der Waals surface area contributed by atoms with Crippen LogP contribution in [0.2, 0.25) is 0 Å². The maximum atomic E-state index is 17.3. The van der Waals surface area contributed by atoms with Gasteiger partial charge in [0.25, 0.3) is 0 Å². The first kappa shape index (κ1) is 28.9. The van der Waals surface area contributed by atoms with Gasteiger partial charge in [0.05, 0.1) is 12.7 Å². The zero-order chi connectivity index (χ0) is 28.7. The lowest BCUT2D eigenvalue weighted by atomic mass is 9.44. The molecule has 1 heterocycles. The Hall–Kier alpha value is -1.57. The molecule has 0 radical (unpaired) electrons. The van der Waals surface area contributed by atoms with Gasteiger partial charge < -0.3 is 40.1 Å². The van der Waals surface area contributed by atoms with Crippen LogP contribution in [-0.2, 0) is 19.1 Å². The molecule has 5 aliphatic rings. The van der Waals surface area contributed by atoms with Gasteiger partial charge in [0, 0.05) is 16.7 Å². The monoisotopic (exact) mass is 554 g/mol. The molecule has 1 aliphatic heterocycles. The van der Waals surface area contributed by atoms with E-state index in [1.807, 2.05) is 0 Å². The zero-order valence-corrected chi connectivity index (χ0v) is 22.4. The lowest BCUT2D eigenvalue weighted by molar-refractivity contribution is -0.300. The Kier molecular flexibility index (Phi) is 7.04. The molecule has 6 N–H and O–H groups in total. The first-order valence-electron chi connectivity index (χ1n) is 13.7. The molecule has 0 aromatic rings. The zero-order valence-electron chi connectivity index (χ0n) is 22.4. The van der Waals surface area contributed by atoms with Crippen molar-refractivity contribution >= 4 is 11.6 Å². The second kappa shape index (κ2) is 9.49. The van der Waals surface area contributed by atoms with Gasteiger partial charge in [0.15, 0.2) is 23.5 Å². The van der Waals surface area contributed by atoms with Crippen molar-refractivity contribution in [2.24, 2.45) is 28.6 Å². The molecule has 3 saturated carbocycles. The van der Waals surface area contributed by atoms with Gasteiger partial charge in [0.1, 0.15) is 36.6 Å². The number of ether oxygens (including phenoxy) is 2. The average Bonchev–Trinajstić information content (AvgIpc) is 3.09. The third-order valence-electron chi connectivity index (χ3n) is 10.9. The number of hydrogen-bond acceptors (Lipinski definition) is 10. The van der Waals surface area contributed by atoms with E-state index in [1.54, 1.807) is 26.8 Å². The number of rotatable bonds is 5. The summed E-state index contributed by atoms with van der Waals surface area (Å²) in [4.78, 5) is 25.7. The van der Waals surface area contributed by atoms with Crippen molar-refractivity contribution in [1.29, 1.82) is 0 Å². The first-order valence-corrected chi connectivity index (χ1v) is 13.7. The van der Waals surface area contributed by atoms with E-state index in [0.717, 1.165) is 0 Å². The smallest absolute Gasteiger partial charge is 0.190 e. The topological polar surface area (TPSA) is 174 Å². The van der Waals surface area contributed by atoms with Crippen molar-refractivity contribution in [3.63, 3.8) is 0 Å². The Labute approximate surface area is 226 Å². The molecular weight excluding hydrogens is 515 g/mol. The lowest BCUT2D eigenvalue weighted by Crippen LogP contribution is -2.69. The summed E-state index contributed by atoms with van der Waals surface area (Å²) in [5.74, 6) is -2.69. The molecule has 1 saturated heterocycles. The second-order valence-corrected chi connectivity index (χ2v) is 12.6. The molecule has 0 unspecified atom stereocenters. The van der Waals surface area contributed by atoms with E-state index in [4.69, 9.17) is 9.47 Å². The molecular formula is C28H39FO10. The summed E-state index contributed by atoms with van der Waals surface area (Å²) in [6, 6.07) is 0. The molecule has 0 bridgehead atoms. The Morgan fingerprint density at radius 1 is 1.15 bits per heavy atom. The second-order valence-electron chi connectivity index (χ2n) is 12.6. The summed E-state index contributed by atoms with van der Waals surface area (Å²) < 4.78 is 28.0. The normalized spacial score (nSPS) is 53.0. The van der Waals surface area contributed by atoms with Crippen LogP contribution in [0.5, 0.6) is 0 Å². The minimum absolute atomic E-state index is 0.193. The van der Waals surface area contributed by atoms with Crippen molar-refractivity contribution < 1.29 is 54.1 Å². The molecule has 0 amide bonds. The maximum Gasteiger partial charge on any atom is 0.190 e. The molecule has 13 atom stereocenters. The molecule has 10 nitrogen and oxygen atoms in total. The number of hydrogen-bond donors (Lipinski definition) is 6. The fourth-order valence-corrected chi connectivity index (χ4v) is 8.61. The van der Waals surface area contributed by atoms with Crippen LogP contribution in [0.1, 0.15) is 46.5 Å². The average molecular weight is 555 g/mol. The number of Topliss-reactive ketones (excluding diaryl/α,β-unsaturated/α-hetero) is 1. The van der Waals surface area contributed by atoms with Gasteiger partial charge in [-0.15, -0.1) is 0 Å². The molecule has 218 valence electrons. The van der Waals surface area contributed by atoms with Crippen molar-refractivity contribution in [2.75, 3.05) is 13.2 Å². The minimum Gasteiger partial charge on any atom is -0.394 e. The summed E-state index contributed by atoms with van der Waals surface area (Å²) in [6.45, 7) is 3.72. The van der Waals surface area contributed by atoms with Crippen LogP contribution in [0.3, 0.4) is 0 Å². The molecule has 11 heteroatoms. The lowest BCUT2D eigenvalue weighted by Gasteiger charge is -2.62. The van der Waals surface area contributed by atoms with Gasteiger partial charge in [0.2, 0.25) is 0 Å². The van der Waals surface area contributed by atoms with E-state index in [1.165, 1.54) is 12.2 Å². The summed E-state index contributed by atoms with van der Waals surface area (Å²) >= 11 is 0. The highest BCUT2D eigenvalue weighted by atomic mass is 19.1. The predicted molar refractivity (Wildman–Crippen MR) is 133 cm³/mol. The van der Waals surface area contributed by atoms with E-state index >= 15 is 4.39 Å². The largest absolute Gasteiger partial charge is 0.394 e. The van der Waals surface area contributed by atoms with Crippen LogP contribution in [0.15, 0.2) is 23.8 Å². The quantitative estimate of drug-likeness (QED) is 0.265. The van der Waals surface area contributed by atoms with E-state index in [-0.39, 0.29) is 12.2 Å². The molecule has 4 fully saturated rings. The van der Waals surface area contributed by atoms with Crippen LogP contribution < -0.4 is 0 Å². The number of halogens is 1. The molecule has 5 rings (SSSR count). The standard InChI is InChI=1S/C28H39FO10/c1-13-8-17-16-5-4-14-9-15(31)6-7-25(14,2)27(16,29)19(32)10-26(17,3)28(13,37)20(33)12-38-24-23(36)22(35)21(34)18(11-30)39-24/h6-7,9,13,16-19,21-24,30,32,34-37H,4-5,8,10-12H2,1-3H3/t13-,16+,17+,18-,19+,21-,22+,23-,24-,25+,26+,27+,28+/m1/s1. The number of allylic oxidation sites excluding steroid dienone is 4. The van der Waals surface area contributed by atoms with Gasteiger partial charge in [-0.1, -0.05) is 25.5 Å². The number of carbonyl (C=O) groups excluding carboxylic acids is 2. The molecule has 4 aliphatic carbocycles. The van der Waals surface area contributed by atoms with Gasteiger partial charge in [-0.3, -0.25) is 9.59 Å². The summed E-state index contributed by atoms with van der Waals surface area (Å²) in [7, 11) is 0. The highest BCUT2D eigenvalue weighted by molar-refractivity contribution is 6.01. The van der Waals surface area contributed by atoms with Crippen molar-refractivity contribution in [2.45, 2.75) is 94.5 Å². The fraction of sp³-hybridized carbons (Fsp3) is 0.786. The molecule has 0 aromatic carbocycles. The highest BCUT2D eigenvalue weighted by Gasteiger charge is 2.75. The van der Waals surface area contributed by atoms with Crippen LogP contribution in [0.4, 0.5) is 4.39 Å². The van der Waals surface area contributed by atoms with Crippen LogP contribution >= 0.6 is 0 Å². The highest BCUT2D eigenvalue weighted by Crippen LogP contribution is 2.70. The van der Waals surface area contributed by atoms with E-state index in [2.05, 4.69) is 0 Å². The van der Waals surface area contributed by atoms with Crippen molar-refractivity contribution in [1.82, 2.24) is 0 Å². The van der Waals surface area contributed by atoms with Crippen molar-refractivity contribution in [3.05, 3.63) is 23.8 Å².